The van der Waals surface area contributed by atoms with Crippen LogP contribution in [0.1, 0.15) is 17.5 Å². The van der Waals surface area contributed by atoms with Crippen LogP contribution in [0.5, 0.6) is 0 Å². The molecule has 0 bridgehead atoms. The van der Waals surface area contributed by atoms with Gasteiger partial charge in [-0.2, -0.15) is 13.5 Å². The van der Waals surface area contributed by atoms with Gasteiger partial charge in [0.25, 0.3) is 10.0 Å². The molecule has 1 unspecified atom stereocenters. The summed E-state index contributed by atoms with van der Waals surface area (Å²) < 4.78 is 24.8. The number of hydrazone groups is 1. The third-order valence-electron chi connectivity index (χ3n) is 4.07. The Balaban J connectivity index is 1.80. The summed E-state index contributed by atoms with van der Waals surface area (Å²) in [5.41, 5.74) is 4.02. The van der Waals surface area contributed by atoms with E-state index in [4.69, 9.17) is 0 Å². The maximum absolute atomic E-state index is 12.4. The van der Waals surface area contributed by atoms with Crippen LogP contribution in [-0.4, -0.2) is 14.1 Å². The fraction of sp³-hybridized carbons (Fsp3) is 0.211. The van der Waals surface area contributed by atoms with Gasteiger partial charge in [-0.15, -0.1) is 0 Å². The molecule has 1 saturated carbocycles. The average molecular weight is 340 g/mol. The van der Waals surface area contributed by atoms with Crippen molar-refractivity contribution in [2.75, 3.05) is 0 Å². The highest BCUT2D eigenvalue weighted by atomic mass is 32.2. The Hall–Kier alpha value is -2.40. The summed E-state index contributed by atoms with van der Waals surface area (Å²) in [6, 6.07) is 16.6. The van der Waals surface area contributed by atoms with Gasteiger partial charge in [0.05, 0.1) is 10.6 Å². The molecule has 2 aromatic carbocycles. The van der Waals surface area contributed by atoms with E-state index in [2.05, 4.69) is 16.5 Å². The molecule has 1 atom stereocenters. The van der Waals surface area contributed by atoms with E-state index in [0.717, 1.165) is 28.8 Å². The number of allylic oxidation sites excluding steroid dienone is 1. The van der Waals surface area contributed by atoms with Gasteiger partial charge in [0.2, 0.25) is 0 Å². The Bertz CT molecular complexity index is 869. The number of benzene rings is 2. The van der Waals surface area contributed by atoms with E-state index in [-0.39, 0.29) is 10.8 Å². The lowest BCUT2D eigenvalue weighted by atomic mass is 10.1. The monoisotopic (exact) mass is 340 g/mol. The van der Waals surface area contributed by atoms with E-state index >= 15 is 0 Å². The summed E-state index contributed by atoms with van der Waals surface area (Å²) >= 11 is 0. The van der Waals surface area contributed by atoms with Crippen LogP contribution in [-0.2, 0) is 16.4 Å². The lowest BCUT2D eigenvalue weighted by molar-refractivity contribution is 0.584. The molecular weight excluding hydrogens is 320 g/mol. The largest absolute Gasteiger partial charge is 0.276 e. The van der Waals surface area contributed by atoms with Crippen molar-refractivity contribution in [1.82, 2.24) is 4.83 Å². The zero-order valence-electron chi connectivity index (χ0n) is 13.6. The average Bonchev–Trinajstić information content (AvgIpc) is 3.29. The van der Waals surface area contributed by atoms with Crippen LogP contribution in [0.2, 0.25) is 0 Å². The summed E-state index contributed by atoms with van der Waals surface area (Å²) in [6.07, 6.45) is 1.48. The predicted octanol–water partition coefficient (Wildman–Crippen LogP) is 3.45. The fourth-order valence-corrected chi connectivity index (χ4v) is 3.33. The summed E-state index contributed by atoms with van der Waals surface area (Å²) in [4.78, 5) is 2.59. The van der Waals surface area contributed by atoms with Gasteiger partial charge in [-0.25, -0.2) is 4.83 Å². The van der Waals surface area contributed by atoms with Crippen molar-refractivity contribution >= 4 is 15.7 Å². The molecule has 4 nitrogen and oxygen atoms in total. The maximum atomic E-state index is 12.4. The second-order valence-corrected chi connectivity index (χ2v) is 7.75. The minimum absolute atomic E-state index is 0.172. The van der Waals surface area contributed by atoms with E-state index in [0.29, 0.717) is 6.42 Å². The number of sulfonamides is 1. The van der Waals surface area contributed by atoms with Crippen molar-refractivity contribution in [2.24, 2.45) is 11.0 Å². The minimum Gasteiger partial charge on any atom is -0.200 e. The number of hydrogen-bond acceptors (Lipinski definition) is 3. The number of nitrogens with zero attached hydrogens (tertiary/aromatic N) is 1. The third-order valence-corrected chi connectivity index (χ3v) is 5.29. The van der Waals surface area contributed by atoms with Gasteiger partial charge < -0.3 is 0 Å². The molecule has 0 spiro atoms. The smallest absolute Gasteiger partial charge is 0.200 e. The molecule has 0 saturated heterocycles. The molecular formula is C19H20N2O2S. The zero-order chi connectivity index (χ0) is 17.2. The van der Waals surface area contributed by atoms with Gasteiger partial charge in [0.1, 0.15) is 0 Å². The van der Waals surface area contributed by atoms with E-state index in [1.54, 1.807) is 24.3 Å². The quantitative estimate of drug-likeness (QED) is 0.497. The lowest BCUT2D eigenvalue weighted by Gasteiger charge is -2.08. The van der Waals surface area contributed by atoms with Crippen molar-refractivity contribution in [1.29, 1.82) is 0 Å². The van der Waals surface area contributed by atoms with Crippen LogP contribution in [0.3, 0.4) is 0 Å². The molecule has 0 radical (unpaired) electrons. The summed E-state index contributed by atoms with van der Waals surface area (Å²) in [7, 11) is -3.65. The number of nitrogens with one attached hydrogen (secondary N) is 1. The van der Waals surface area contributed by atoms with Crippen LogP contribution in [0.15, 0.2) is 76.7 Å². The van der Waals surface area contributed by atoms with E-state index in [9.17, 15) is 8.42 Å². The Morgan fingerprint density at radius 1 is 1.17 bits per heavy atom. The lowest BCUT2D eigenvalue weighted by Crippen LogP contribution is -2.21. The molecule has 2 aromatic rings. The molecule has 1 aliphatic rings. The van der Waals surface area contributed by atoms with Gasteiger partial charge in [0.15, 0.2) is 0 Å². The topological polar surface area (TPSA) is 58.5 Å². The Morgan fingerprint density at radius 3 is 2.38 bits per heavy atom. The van der Waals surface area contributed by atoms with Crippen LogP contribution < -0.4 is 4.83 Å². The van der Waals surface area contributed by atoms with E-state index in [1.807, 2.05) is 37.3 Å². The first-order chi connectivity index (χ1) is 11.5. The summed E-state index contributed by atoms with van der Waals surface area (Å²) in [5.74, 6) is 0.172. The second kappa shape index (κ2) is 6.61. The minimum atomic E-state index is -3.65. The van der Waals surface area contributed by atoms with Crippen LogP contribution in [0.4, 0.5) is 0 Å². The van der Waals surface area contributed by atoms with Gasteiger partial charge in [0, 0.05) is 12.3 Å². The van der Waals surface area contributed by atoms with Crippen molar-refractivity contribution in [3.8, 4) is 0 Å². The van der Waals surface area contributed by atoms with Gasteiger partial charge >= 0.3 is 0 Å². The van der Waals surface area contributed by atoms with Crippen molar-refractivity contribution in [2.45, 2.75) is 24.7 Å². The molecule has 1 aliphatic carbocycles. The Labute approximate surface area is 143 Å². The normalized spacial score (nSPS) is 17.6. The van der Waals surface area contributed by atoms with Gasteiger partial charge in [-0.3, -0.25) is 0 Å². The molecule has 0 aliphatic heterocycles. The molecule has 0 amide bonds. The van der Waals surface area contributed by atoms with Crippen molar-refractivity contribution in [3.05, 3.63) is 77.9 Å². The van der Waals surface area contributed by atoms with Gasteiger partial charge in [-0.05, 0) is 31.0 Å². The molecule has 24 heavy (non-hydrogen) atoms. The standard InChI is InChI=1S/C19H20N2O2S/c1-14-8-10-17(11-9-14)24(22,23)21-20-19(18-12-15(18)2)13-16-6-4-3-5-7-16/h3-11,18,21H,2,12-13H2,1H3/b20-19+. The molecule has 0 heterocycles. The van der Waals surface area contributed by atoms with Crippen LogP contribution >= 0.6 is 0 Å². The molecule has 1 fully saturated rings. The zero-order valence-corrected chi connectivity index (χ0v) is 14.4. The van der Waals surface area contributed by atoms with Crippen molar-refractivity contribution < 1.29 is 8.42 Å². The van der Waals surface area contributed by atoms with Crippen LogP contribution in [0.25, 0.3) is 0 Å². The number of rotatable bonds is 6. The van der Waals surface area contributed by atoms with E-state index < -0.39 is 10.0 Å². The highest BCUT2D eigenvalue weighted by Gasteiger charge is 2.33. The summed E-state index contributed by atoms with van der Waals surface area (Å²) in [6.45, 7) is 5.88. The van der Waals surface area contributed by atoms with E-state index in [1.165, 1.54) is 0 Å². The predicted molar refractivity (Wildman–Crippen MR) is 96.3 cm³/mol. The highest BCUT2D eigenvalue weighted by Crippen LogP contribution is 2.38. The molecule has 1 N–H and O–H groups in total. The Morgan fingerprint density at radius 2 is 1.79 bits per heavy atom. The first kappa shape index (κ1) is 16.5. The molecule has 3 rings (SSSR count). The maximum Gasteiger partial charge on any atom is 0.276 e. The summed E-state index contributed by atoms with van der Waals surface area (Å²) in [5, 5.41) is 4.22. The first-order valence-electron chi connectivity index (χ1n) is 7.82. The number of hydrogen-bond donors (Lipinski definition) is 1. The second-order valence-electron chi connectivity index (χ2n) is 6.09. The van der Waals surface area contributed by atoms with Crippen molar-refractivity contribution in [3.63, 3.8) is 0 Å². The molecule has 0 aromatic heterocycles. The van der Waals surface area contributed by atoms with Gasteiger partial charge in [-0.1, -0.05) is 60.2 Å². The number of aryl methyl sites for hydroxylation is 1. The Kier molecular flexibility index (Phi) is 4.53. The SMILES string of the molecule is C=C1CC1/C(Cc1ccccc1)=N/NS(=O)(=O)c1ccc(C)cc1. The molecule has 124 valence electrons. The van der Waals surface area contributed by atoms with Crippen LogP contribution in [0, 0.1) is 12.8 Å². The fourth-order valence-electron chi connectivity index (χ4n) is 2.49. The molecule has 5 heteroatoms. The third kappa shape index (κ3) is 3.92. The first-order valence-corrected chi connectivity index (χ1v) is 9.30. The highest BCUT2D eigenvalue weighted by molar-refractivity contribution is 7.89.